The van der Waals surface area contributed by atoms with Crippen LogP contribution in [-0.4, -0.2) is 20.0 Å². The molecule has 2 rings (SSSR count). The lowest BCUT2D eigenvalue weighted by atomic mass is 10.2. The molecule has 5 nitrogen and oxygen atoms in total. The normalized spacial score (nSPS) is 11.4. The molecule has 0 aliphatic rings. The Hall–Kier alpha value is -1.92. The first-order chi connectivity index (χ1) is 11.5. The molecule has 1 aromatic heterocycles. The van der Waals surface area contributed by atoms with Gasteiger partial charge < -0.3 is 4.74 Å². The van der Waals surface area contributed by atoms with Gasteiger partial charge in [0.05, 0.1) is 11.5 Å². The lowest BCUT2D eigenvalue weighted by molar-refractivity contribution is 0.304. The SMILES string of the molecule is CCCCCOc1ccc(S(=O)(=O)NCc2cccnc2)cc1C. The summed E-state index contributed by atoms with van der Waals surface area (Å²) in [6.07, 6.45) is 6.57. The van der Waals surface area contributed by atoms with Gasteiger partial charge in [-0.2, -0.15) is 0 Å². The van der Waals surface area contributed by atoms with Gasteiger partial charge in [0.25, 0.3) is 0 Å². The Morgan fingerprint density at radius 1 is 1.21 bits per heavy atom. The molecule has 0 atom stereocenters. The van der Waals surface area contributed by atoms with Crippen LogP contribution in [0.15, 0.2) is 47.6 Å². The first-order valence-corrected chi connectivity index (χ1v) is 9.63. The number of unbranched alkanes of at least 4 members (excludes halogenated alkanes) is 2. The largest absolute Gasteiger partial charge is 0.493 e. The average molecular weight is 348 g/mol. The first-order valence-electron chi connectivity index (χ1n) is 8.15. The number of sulfonamides is 1. The molecular formula is C18H24N2O3S. The quantitative estimate of drug-likeness (QED) is 0.705. The van der Waals surface area contributed by atoms with Crippen LogP contribution in [0.4, 0.5) is 0 Å². The van der Waals surface area contributed by atoms with Gasteiger partial charge in [-0.25, -0.2) is 13.1 Å². The fourth-order valence-electron chi connectivity index (χ4n) is 2.25. The van der Waals surface area contributed by atoms with Gasteiger partial charge in [0.15, 0.2) is 0 Å². The summed E-state index contributed by atoms with van der Waals surface area (Å²) in [7, 11) is -3.56. The molecule has 0 spiro atoms. The standard InChI is InChI=1S/C18H24N2O3S/c1-3-4-5-11-23-18-9-8-17(12-15(18)2)24(21,22)20-14-16-7-6-10-19-13-16/h6-10,12-13,20H,3-5,11,14H2,1-2H3. The van der Waals surface area contributed by atoms with Crippen molar-refractivity contribution < 1.29 is 13.2 Å². The van der Waals surface area contributed by atoms with E-state index in [1.54, 1.807) is 36.7 Å². The number of aromatic nitrogens is 1. The second-order valence-electron chi connectivity index (χ2n) is 5.67. The van der Waals surface area contributed by atoms with E-state index in [1.807, 2.05) is 13.0 Å². The van der Waals surface area contributed by atoms with Crippen LogP contribution in [0.2, 0.25) is 0 Å². The molecule has 0 saturated carbocycles. The smallest absolute Gasteiger partial charge is 0.240 e. The summed E-state index contributed by atoms with van der Waals surface area (Å²) in [6, 6.07) is 8.54. The summed E-state index contributed by atoms with van der Waals surface area (Å²) in [5.74, 6) is 0.734. The Morgan fingerprint density at radius 3 is 2.71 bits per heavy atom. The molecule has 0 unspecified atom stereocenters. The molecule has 1 heterocycles. The van der Waals surface area contributed by atoms with Crippen LogP contribution in [0.5, 0.6) is 5.75 Å². The van der Waals surface area contributed by atoms with Crippen molar-refractivity contribution in [2.75, 3.05) is 6.61 Å². The third-order valence-corrected chi connectivity index (χ3v) is 5.05. The fourth-order valence-corrected chi connectivity index (χ4v) is 3.35. The van der Waals surface area contributed by atoms with E-state index in [0.29, 0.717) is 6.61 Å². The zero-order valence-electron chi connectivity index (χ0n) is 14.2. The summed E-state index contributed by atoms with van der Waals surface area (Å²) in [6.45, 7) is 4.86. The lowest BCUT2D eigenvalue weighted by Crippen LogP contribution is -2.23. The summed E-state index contributed by atoms with van der Waals surface area (Å²) in [5.41, 5.74) is 1.63. The van der Waals surface area contributed by atoms with Gasteiger partial charge in [-0.15, -0.1) is 0 Å². The number of nitrogens with zero attached hydrogens (tertiary/aromatic N) is 1. The van der Waals surface area contributed by atoms with Crippen LogP contribution in [0.1, 0.15) is 37.3 Å². The highest BCUT2D eigenvalue weighted by Gasteiger charge is 2.15. The van der Waals surface area contributed by atoms with Crippen molar-refractivity contribution in [1.82, 2.24) is 9.71 Å². The highest BCUT2D eigenvalue weighted by molar-refractivity contribution is 7.89. The van der Waals surface area contributed by atoms with E-state index < -0.39 is 10.0 Å². The van der Waals surface area contributed by atoms with Gasteiger partial charge in [0.1, 0.15) is 5.75 Å². The predicted molar refractivity (Wildman–Crippen MR) is 94.5 cm³/mol. The molecule has 0 saturated heterocycles. The van der Waals surface area contributed by atoms with Gasteiger partial charge in [-0.05, 0) is 48.7 Å². The third kappa shape index (κ3) is 5.32. The van der Waals surface area contributed by atoms with Crippen molar-refractivity contribution in [2.45, 2.75) is 44.6 Å². The van der Waals surface area contributed by atoms with E-state index in [1.165, 1.54) is 0 Å². The Labute approximate surface area is 144 Å². The minimum absolute atomic E-state index is 0.213. The second-order valence-corrected chi connectivity index (χ2v) is 7.44. The van der Waals surface area contributed by atoms with Crippen LogP contribution < -0.4 is 9.46 Å². The molecule has 0 fully saturated rings. The molecule has 6 heteroatoms. The third-order valence-electron chi connectivity index (χ3n) is 3.65. The monoisotopic (exact) mass is 348 g/mol. The zero-order chi connectivity index (χ0) is 17.4. The Balaban J connectivity index is 2.01. The van der Waals surface area contributed by atoms with Gasteiger partial charge in [0.2, 0.25) is 10.0 Å². The molecule has 2 aromatic rings. The lowest BCUT2D eigenvalue weighted by Gasteiger charge is -2.11. The summed E-state index contributed by atoms with van der Waals surface area (Å²) in [4.78, 5) is 4.21. The van der Waals surface area contributed by atoms with Crippen LogP contribution in [-0.2, 0) is 16.6 Å². The minimum Gasteiger partial charge on any atom is -0.493 e. The van der Waals surface area contributed by atoms with Gasteiger partial charge >= 0.3 is 0 Å². The topological polar surface area (TPSA) is 68.3 Å². The van der Waals surface area contributed by atoms with Gasteiger partial charge in [-0.3, -0.25) is 4.98 Å². The number of hydrogen-bond acceptors (Lipinski definition) is 4. The number of benzene rings is 1. The van der Waals surface area contributed by atoms with E-state index in [-0.39, 0.29) is 11.4 Å². The molecule has 24 heavy (non-hydrogen) atoms. The van der Waals surface area contributed by atoms with Crippen molar-refractivity contribution in [1.29, 1.82) is 0 Å². The van der Waals surface area contributed by atoms with Crippen LogP contribution in [0, 0.1) is 6.92 Å². The van der Waals surface area contributed by atoms with E-state index in [4.69, 9.17) is 4.74 Å². The van der Waals surface area contributed by atoms with Crippen LogP contribution in [0.3, 0.4) is 0 Å². The van der Waals surface area contributed by atoms with Crippen molar-refractivity contribution in [3.05, 3.63) is 53.9 Å². The van der Waals surface area contributed by atoms with E-state index in [0.717, 1.165) is 36.1 Å². The molecule has 0 aliphatic carbocycles. The second kappa shape index (κ2) is 8.80. The Kier molecular flexibility index (Phi) is 6.75. The number of hydrogen-bond donors (Lipinski definition) is 1. The molecule has 1 N–H and O–H groups in total. The van der Waals surface area contributed by atoms with Crippen LogP contribution in [0.25, 0.3) is 0 Å². The number of nitrogens with one attached hydrogen (secondary N) is 1. The van der Waals surface area contributed by atoms with Crippen molar-refractivity contribution in [3.63, 3.8) is 0 Å². The van der Waals surface area contributed by atoms with E-state index in [9.17, 15) is 8.42 Å². The summed E-state index contributed by atoms with van der Waals surface area (Å²) >= 11 is 0. The van der Waals surface area contributed by atoms with Crippen LogP contribution >= 0.6 is 0 Å². The highest BCUT2D eigenvalue weighted by Crippen LogP contribution is 2.22. The summed E-state index contributed by atoms with van der Waals surface area (Å²) in [5, 5.41) is 0. The Bertz CT molecular complexity index is 746. The van der Waals surface area contributed by atoms with Gasteiger partial charge in [-0.1, -0.05) is 25.8 Å². The fraction of sp³-hybridized carbons (Fsp3) is 0.389. The first kappa shape index (κ1) is 18.4. The zero-order valence-corrected chi connectivity index (χ0v) is 15.0. The molecule has 0 radical (unpaired) electrons. The minimum atomic E-state index is -3.56. The van der Waals surface area contributed by atoms with Gasteiger partial charge in [0, 0.05) is 18.9 Å². The molecule has 0 bridgehead atoms. The molecule has 0 aliphatic heterocycles. The number of aryl methyl sites for hydroxylation is 1. The van der Waals surface area contributed by atoms with E-state index >= 15 is 0 Å². The maximum Gasteiger partial charge on any atom is 0.240 e. The van der Waals surface area contributed by atoms with Crippen molar-refractivity contribution in [2.24, 2.45) is 0 Å². The van der Waals surface area contributed by atoms with E-state index in [2.05, 4.69) is 16.6 Å². The highest BCUT2D eigenvalue weighted by atomic mass is 32.2. The molecule has 1 aromatic carbocycles. The number of ether oxygens (including phenoxy) is 1. The average Bonchev–Trinajstić information content (AvgIpc) is 2.59. The number of rotatable bonds is 9. The molecular weight excluding hydrogens is 324 g/mol. The maximum absolute atomic E-state index is 12.4. The Morgan fingerprint density at radius 2 is 2.04 bits per heavy atom. The molecule has 130 valence electrons. The summed E-state index contributed by atoms with van der Waals surface area (Å²) < 4.78 is 33.1. The predicted octanol–water partition coefficient (Wildman–Crippen LogP) is 3.44. The van der Waals surface area contributed by atoms with Crippen molar-refractivity contribution >= 4 is 10.0 Å². The molecule has 0 amide bonds. The van der Waals surface area contributed by atoms with Crippen molar-refractivity contribution in [3.8, 4) is 5.75 Å². The number of pyridine rings is 1. The maximum atomic E-state index is 12.4.